The minimum absolute atomic E-state index is 0. The Hall–Kier alpha value is -1.17. The highest BCUT2D eigenvalue weighted by Gasteiger charge is 2.45. The Labute approximate surface area is 115 Å². The number of benzene rings is 1. The van der Waals surface area contributed by atoms with E-state index in [1.54, 1.807) is 0 Å². The van der Waals surface area contributed by atoms with E-state index in [4.69, 9.17) is 6.42 Å². The third-order valence-electron chi connectivity index (χ3n) is 4.24. The summed E-state index contributed by atoms with van der Waals surface area (Å²) in [4.78, 5) is 2.43. The first-order valence-corrected chi connectivity index (χ1v) is 6.31. The zero-order valence-corrected chi connectivity index (χ0v) is 11.4. The Morgan fingerprint density at radius 1 is 1.39 bits per heavy atom. The van der Waals surface area contributed by atoms with E-state index in [0.717, 1.165) is 0 Å². The molecule has 0 saturated heterocycles. The molecule has 1 aliphatic carbocycles. The van der Waals surface area contributed by atoms with Gasteiger partial charge in [0.05, 0.1) is 12.6 Å². The Balaban J connectivity index is 0.00000120. The molecule has 3 heteroatoms. The zero-order valence-electron chi connectivity index (χ0n) is 10.6. The summed E-state index contributed by atoms with van der Waals surface area (Å²) in [6.07, 6.45) is 7.84. The number of terminal acetylenes is 1. The maximum Gasteiger partial charge on any atom is 0.0576 e. The maximum atomic E-state index is 5.34. The van der Waals surface area contributed by atoms with Crippen LogP contribution in [0.1, 0.15) is 24.3 Å². The molecule has 3 unspecified atom stereocenters. The van der Waals surface area contributed by atoms with E-state index in [1.165, 1.54) is 24.1 Å². The second-order valence-corrected chi connectivity index (χ2v) is 5.04. The van der Waals surface area contributed by atoms with Crippen LogP contribution in [-0.4, -0.2) is 25.7 Å². The highest BCUT2D eigenvalue weighted by molar-refractivity contribution is 5.85. The van der Waals surface area contributed by atoms with Gasteiger partial charge in [0.1, 0.15) is 0 Å². The predicted octanol–water partition coefficient (Wildman–Crippen LogP) is 2.40. The number of likely N-dealkylation sites (N-methyl/N-ethyl adjacent to an activating group) is 1. The lowest BCUT2D eigenvalue weighted by Gasteiger charge is -2.28. The van der Waals surface area contributed by atoms with Gasteiger partial charge in [-0.3, -0.25) is 0 Å². The van der Waals surface area contributed by atoms with Gasteiger partial charge in [-0.25, -0.2) is 0 Å². The standard InChI is InChI=1S/C15H18N2.ClH/c1-3-10-16-13-9-8-12-11-6-4-5-7-14(11)17(2)15(12)13;/h1,4-7,12-13,15-16H,8-10H2,2H3;1H. The van der Waals surface area contributed by atoms with Gasteiger partial charge in [-0.1, -0.05) is 24.1 Å². The molecule has 18 heavy (non-hydrogen) atoms. The molecule has 0 amide bonds. The highest BCUT2D eigenvalue weighted by atomic mass is 35.5. The van der Waals surface area contributed by atoms with Crippen molar-refractivity contribution in [1.82, 2.24) is 5.32 Å². The molecule has 3 atom stereocenters. The van der Waals surface area contributed by atoms with E-state index >= 15 is 0 Å². The normalized spacial score (nSPS) is 28.2. The molecule has 1 heterocycles. The van der Waals surface area contributed by atoms with Crippen molar-refractivity contribution in [1.29, 1.82) is 0 Å². The summed E-state index contributed by atoms with van der Waals surface area (Å²) in [6, 6.07) is 9.90. The quantitative estimate of drug-likeness (QED) is 0.824. The van der Waals surface area contributed by atoms with Crippen LogP contribution in [0.5, 0.6) is 0 Å². The summed E-state index contributed by atoms with van der Waals surface area (Å²) in [5, 5.41) is 3.49. The van der Waals surface area contributed by atoms with Gasteiger partial charge in [0.15, 0.2) is 0 Å². The molecule has 1 N–H and O–H groups in total. The Kier molecular flexibility index (Phi) is 3.85. The molecule has 1 aromatic rings. The van der Waals surface area contributed by atoms with Crippen molar-refractivity contribution >= 4 is 18.1 Å². The van der Waals surface area contributed by atoms with Gasteiger partial charge >= 0.3 is 0 Å². The van der Waals surface area contributed by atoms with Gasteiger partial charge in [-0.05, 0) is 24.5 Å². The fourth-order valence-corrected chi connectivity index (χ4v) is 3.56. The summed E-state index contributed by atoms with van der Waals surface area (Å²) < 4.78 is 0. The number of nitrogens with one attached hydrogen (secondary N) is 1. The van der Waals surface area contributed by atoms with Crippen LogP contribution in [0.2, 0.25) is 0 Å². The molecule has 0 spiro atoms. The Bertz CT molecular complexity index is 466. The monoisotopic (exact) mass is 262 g/mol. The van der Waals surface area contributed by atoms with Crippen molar-refractivity contribution in [2.45, 2.75) is 30.8 Å². The lowest BCUT2D eigenvalue weighted by molar-refractivity contribution is 0.482. The van der Waals surface area contributed by atoms with Crippen LogP contribution < -0.4 is 10.2 Å². The van der Waals surface area contributed by atoms with Crippen LogP contribution in [0.4, 0.5) is 5.69 Å². The molecule has 1 aromatic carbocycles. The molecule has 1 fully saturated rings. The molecule has 1 aliphatic heterocycles. The molecule has 0 aromatic heterocycles. The van der Waals surface area contributed by atoms with Crippen LogP contribution >= 0.6 is 12.4 Å². The maximum absolute atomic E-state index is 5.34. The van der Waals surface area contributed by atoms with Gasteiger partial charge in [0.25, 0.3) is 0 Å². The van der Waals surface area contributed by atoms with Crippen molar-refractivity contribution < 1.29 is 0 Å². The summed E-state index contributed by atoms with van der Waals surface area (Å²) in [5.74, 6) is 3.37. The predicted molar refractivity (Wildman–Crippen MR) is 78.5 cm³/mol. The molecule has 0 bridgehead atoms. The number of rotatable bonds is 2. The van der Waals surface area contributed by atoms with Crippen LogP contribution in [0, 0.1) is 12.3 Å². The average molecular weight is 263 g/mol. The Morgan fingerprint density at radius 3 is 2.94 bits per heavy atom. The molecular formula is C15H19ClN2. The third-order valence-corrected chi connectivity index (χ3v) is 4.24. The van der Waals surface area contributed by atoms with Crippen molar-refractivity contribution in [3.8, 4) is 12.3 Å². The molecule has 0 radical (unpaired) electrons. The average Bonchev–Trinajstić information content (AvgIpc) is 2.89. The number of para-hydroxylation sites is 1. The second-order valence-electron chi connectivity index (χ2n) is 5.04. The number of fused-ring (bicyclic) bond motifs is 3. The molecule has 2 aliphatic rings. The smallest absolute Gasteiger partial charge is 0.0576 e. The topological polar surface area (TPSA) is 15.3 Å². The largest absolute Gasteiger partial charge is 0.369 e. The molecular weight excluding hydrogens is 244 g/mol. The molecule has 96 valence electrons. The van der Waals surface area contributed by atoms with Gasteiger partial charge in [-0.15, -0.1) is 18.8 Å². The number of anilines is 1. The number of halogens is 1. The van der Waals surface area contributed by atoms with E-state index in [-0.39, 0.29) is 12.4 Å². The number of nitrogens with zero attached hydrogens (tertiary/aromatic N) is 1. The number of hydrogen-bond donors (Lipinski definition) is 1. The van der Waals surface area contributed by atoms with Gasteiger partial charge < -0.3 is 10.2 Å². The SMILES string of the molecule is C#CCNC1CCC2c3ccccc3N(C)C12.Cl. The van der Waals surface area contributed by atoms with Crippen LogP contribution in [0.3, 0.4) is 0 Å². The third kappa shape index (κ3) is 1.88. The Morgan fingerprint density at radius 2 is 2.17 bits per heavy atom. The van der Waals surface area contributed by atoms with Crippen molar-refractivity contribution in [2.75, 3.05) is 18.5 Å². The van der Waals surface area contributed by atoms with E-state index in [2.05, 4.69) is 47.5 Å². The highest BCUT2D eigenvalue weighted by Crippen LogP contribution is 2.48. The lowest BCUT2D eigenvalue weighted by atomic mass is 9.97. The summed E-state index contributed by atoms with van der Waals surface area (Å²) in [7, 11) is 2.21. The van der Waals surface area contributed by atoms with Gasteiger partial charge in [0.2, 0.25) is 0 Å². The summed E-state index contributed by atoms with van der Waals surface area (Å²) >= 11 is 0. The second kappa shape index (κ2) is 5.22. The van der Waals surface area contributed by atoms with E-state index in [1.807, 2.05) is 0 Å². The summed E-state index contributed by atoms with van der Waals surface area (Å²) in [5.41, 5.74) is 2.92. The molecule has 3 rings (SSSR count). The van der Waals surface area contributed by atoms with E-state index in [0.29, 0.717) is 24.5 Å². The fourth-order valence-electron chi connectivity index (χ4n) is 3.56. The van der Waals surface area contributed by atoms with Crippen molar-refractivity contribution in [3.05, 3.63) is 29.8 Å². The van der Waals surface area contributed by atoms with Crippen LogP contribution in [0.15, 0.2) is 24.3 Å². The van der Waals surface area contributed by atoms with Gasteiger partial charge in [0, 0.05) is 24.7 Å². The minimum atomic E-state index is 0. The first-order valence-electron chi connectivity index (χ1n) is 6.31. The summed E-state index contributed by atoms with van der Waals surface area (Å²) in [6.45, 7) is 0.679. The minimum Gasteiger partial charge on any atom is -0.369 e. The first kappa shape index (κ1) is 13.3. The zero-order chi connectivity index (χ0) is 11.8. The van der Waals surface area contributed by atoms with Gasteiger partial charge in [-0.2, -0.15) is 0 Å². The molecule has 2 nitrogen and oxygen atoms in total. The first-order chi connectivity index (χ1) is 8.33. The van der Waals surface area contributed by atoms with Crippen LogP contribution in [-0.2, 0) is 0 Å². The van der Waals surface area contributed by atoms with E-state index < -0.39 is 0 Å². The van der Waals surface area contributed by atoms with E-state index in [9.17, 15) is 0 Å². The molecule has 1 saturated carbocycles. The van der Waals surface area contributed by atoms with Crippen molar-refractivity contribution in [3.63, 3.8) is 0 Å². The van der Waals surface area contributed by atoms with Crippen LogP contribution in [0.25, 0.3) is 0 Å². The lowest BCUT2D eigenvalue weighted by Crippen LogP contribution is -2.45. The van der Waals surface area contributed by atoms with Crippen molar-refractivity contribution in [2.24, 2.45) is 0 Å². The number of hydrogen-bond acceptors (Lipinski definition) is 2. The fraction of sp³-hybridized carbons (Fsp3) is 0.467.